The van der Waals surface area contributed by atoms with E-state index in [9.17, 15) is 18.0 Å². The summed E-state index contributed by atoms with van der Waals surface area (Å²) in [6.07, 6.45) is 2.89. The second kappa shape index (κ2) is 6.15. The molecule has 6 heteroatoms. The summed E-state index contributed by atoms with van der Waals surface area (Å²) in [6, 6.07) is 10.3. The van der Waals surface area contributed by atoms with Crippen molar-refractivity contribution >= 4 is 16.8 Å². The number of carbonyl (C=O) groups is 1. The number of fused-ring (bicyclic) bond motifs is 1. The van der Waals surface area contributed by atoms with Gasteiger partial charge in [-0.05, 0) is 41.5 Å². The first-order valence-corrected chi connectivity index (χ1v) is 7.76. The van der Waals surface area contributed by atoms with Gasteiger partial charge >= 0.3 is 0 Å². The molecule has 0 spiro atoms. The number of ketones is 1. The number of pyridine rings is 1. The first kappa shape index (κ1) is 16.1. The zero-order valence-electron chi connectivity index (χ0n) is 13.3. The lowest BCUT2D eigenvalue weighted by Crippen LogP contribution is -2.03. The molecule has 26 heavy (non-hydrogen) atoms. The van der Waals surface area contributed by atoms with E-state index in [0.717, 1.165) is 6.07 Å². The zero-order valence-corrected chi connectivity index (χ0v) is 13.3. The van der Waals surface area contributed by atoms with Crippen LogP contribution < -0.4 is 0 Å². The maximum atomic E-state index is 14.0. The number of halogens is 3. The van der Waals surface area contributed by atoms with Crippen LogP contribution in [0.3, 0.4) is 0 Å². The molecule has 2 heterocycles. The Kier molecular flexibility index (Phi) is 3.80. The van der Waals surface area contributed by atoms with Gasteiger partial charge in [0, 0.05) is 23.8 Å². The van der Waals surface area contributed by atoms with Gasteiger partial charge < -0.3 is 4.98 Å². The van der Waals surface area contributed by atoms with Crippen molar-refractivity contribution in [2.24, 2.45) is 0 Å². The number of H-pyrrole nitrogens is 1. The third kappa shape index (κ3) is 2.65. The van der Waals surface area contributed by atoms with Crippen LogP contribution in [0.1, 0.15) is 15.9 Å². The van der Waals surface area contributed by atoms with Gasteiger partial charge in [0.1, 0.15) is 23.1 Å². The van der Waals surface area contributed by atoms with Crippen LogP contribution >= 0.6 is 0 Å². The van der Waals surface area contributed by atoms with Crippen molar-refractivity contribution in [3.8, 4) is 11.1 Å². The lowest BCUT2D eigenvalue weighted by Gasteiger charge is -2.07. The molecule has 4 aromatic rings. The number of nitrogens with one attached hydrogen (secondary N) is 1. The molecule has 2 aromatic carbocycles. The summed E-state index contributed by atoms with van der Waals surface area (Å²) in [6.45, 7) is 0. The van der Waals surface area contributed by atoms with Crippen LogP contribution in [-0.4, -0.2) is 15.8 Å². The summed E-state index contributed by atoms with van der Waals surface area (Å²) in [7, 11) is 0. The molecule has 3 nitrogen and oxygen atoms in total. The minimum Gasteiger partial charge on any atom is -0.345 e. The van der Waals surface area contributed by atoms with Crippen LogP contribution in [0.4, 0.5) is 13.2 Å². The van der Waals surface area contributed by atoms with Crippen LogP contribution in [0.15, 0.2) is 60.9 Å². The quantitative estimate of drug-likeness (QED) is 0.534. The zero-order chi connectivity index (χ0) is 18.3. The number of aromatic nitrogens is 2. The van der Waals surface area contributed by atoms with Gasteiger partial charge in [-0.15, -0.1) is 0 Å². The van der Waals surface area contributed by atoms with Gasteiger partial charge in [0.25, 0.3) is 0 Å². The van der Waals surface area contributed by atoms with Crippen molar-refractivity contribution in [3.63, 3.8) is 0 Å². The molecule has 0 radical (unpaired) electrons. The second-order valence-corrected chi connectivity index (χ2v) is 5.75. The predicted octanol–water partition coefficient (Wildman–Crippen LogP) is 4.88. The Labute approximate surface area is 146 Å². The van der Waals surface area contributed by atoms with Crippen molar-refractivity contribution in [1.29, 1.82) is 0 Å². The Hall–Kier alpha value is -3.41. The molecule has 128 valence electrons. The van der Waals surface area contributed by atoms with E-state index in [1.165, 1.54) is 42.7 Å². The molecule has 0 saturated carbocycles. The van der Waals surface area contributed by atoms with Crippen LogP contribution in [0.5, 0.6) is 0 Å². The van der Waals surface area contributed by atoms with Gasteiger partial charge in [-0.3, -0.25) is 4.79 Å². The molecule has 0 aliphatic rings. The highest BCUT2D eigenvalue weighted by molar-refractivity contribution is 6.18. The molecule has 0 aliphatic heterocycles. The average Bonchev–Trinajstić information content (AvgIpc) is 3.05. The Morgan fingerprint density at radius 3 is 2.38 bits per heavy atom. The number of carbonyl (C=O) groups excluding carboxylic acids is 1. The molecule has 0 bridgehead atoms. The van der Waals surface area contributed by atoms with Crippen molar-refractivity contribution in [2.75, 3.05) is 0 Å². The van der Waals surface area contributed by atoms with Gasteiger partial charge in [0.05, 0.1) is 11.1 Å². The molecule has 0 aliphatic carbocycles. The molecule has 0 unspecified atom stereocenters. The fourth-order valence-electron chi connectivity index (χ4n) is 2.98. The maximum absolute atomic E-state index is 14.0. The summed E-state index contributed by atoms with van der Waals surface area (Å²) >= 11 is 0. The summed E-state index contributed by atoms with van der Waals surface area (Å²) in [5.74, 6) is -2.65. The first-order valence-electron chi connectivity index (χ1n) is 7.76. The monoisotopic (exact) mass is 352 g/mol. The summed E-state index contributed by atoms with van der Waals surface area (Å²) < 4.78 is 41.3. The number of aromatic amines is 1. The van der Waals surface area contributed by atoms with E-state index in [-0.39, 0.29) is 16.7 Å². The van der Waals surface area contributed by atoms with E-state index in [1.54, 1.807) is 12.1 Å². The molecule has 2 aromatic heterocycles. The van der Waals surface area contributed by atoms with Crippen molar-refractivity contribution in [2.45, 2.75) is 0 Å². The van der Waals surface area contributed by atoms with Gasteiger partial charge in [-0.1, -0.05) is 12.1 Å². The second-order valence-electron chi connectivity index (χ2n) is 5.75. The molecule has 4 rings (SSSR count). The molecule has 0 amide bonds. The SMILES string of the molecule is O=C(c1ccccc1F)c1c[nH]c2nccc(-c3cc(F)cc(F)c3)c12. The molecule has 1 N–H and O–H groups in total. The largest absolute Gasteiger partial charge is 0.345 e. The Morgan fingerprint density at radius 1 is 0.923 bits per heavy atom. The highest BCUT2D eigenvalue weighted by Crippen LogP contribution is 2.32. The van der Waals surface area contributed by atoms with E-state index < -0.39 is 23.2 Å². The van der Waals surface area contributed by atoms with E-state index in [2.05, 4.69) is 9.97 Å². The number of hydrogen-bond donors (Lipinski definition) is 1. The van der Waals surface area contributed by atoms with E-state index >= 15 is 0 Å². The molecular formula is C20H11F3N2O. The van der Waals surface area contributed by atoms with Crippen LogP contribution in [0.2, 0.25) is 0 Å². The molecule has 0 fully saturated rings. The molecule has 0 atom stereocenters. The van der Waals surface area contributed by atoms with Gasteiger partial charge in [-0.2, -0.15) is 0 Å². The highest BCUT2D eigenvalue weighted by atomic mass is 19.1. The predicted molar refractivity (Wildman–Crippen MR) is 91.3 cm³/mol. The van der Waals surface area contributed by atoms with E-state index in [0.29, 0.717) is 16.6 Å². The van der Waals surface area contributed by atoms with Crippen molar-refractivity contribution in [3.05, 3.63) is 89.5 Å². The van der Waals surface area contributed by atoms with E-state index in [4.69, 9.17) is 0 Å². The van der Waals surface area contributed by atoms with Crippen LogP contribution in [0.25, 0.3) is 22.2 Å². The van der Waals surface area contributed by atoms with Gasteiger partial charge in [-0.25, -0.2) is 18.2 Å². The minimum absolute atomic E-state index is 0.0892. The van der Waals surface area contributed by atoms with Gasteiger partial charge in [0.2, 0.25) is 0 Å². The fraction of sp³-hybridized carbons (Fsp3) is 0. The highest BCUT2D eigenvalue weighted by Gasteiger charge is 2.20. The Balaban J connectivity index is 1.96. The van der Waals surface area contributed by atoms with Crippen LogP contribution in [0, 0.1) is 17.5 Å². The van der Waals surface area contributed by atoms with Crippen molar-refractivity contribution in [1.82, 2.24) is 9.97 Å². The van der Waals surface area contributed by atoms with Crippen molar-refractivity contribution < 1.29 is 18.0 Å². The topological polar surface area (TPSA) is 45.8 Å². The summed E-state index contributed by atoms with van der Waals surface area (Å²) in [5, 5.41) is 0.380. The Bertz CT molecular complexity index is 1130. The lowest BCUT2D eigenvalue weighted by atomic mass is 9.97. The lowest BCUT2D eigenvalue weighted by molar-refractivity contribution is 0.103. The fourth-order valence-corrected chi connectivity index (χ4v) is 2.98. The van der Waals surface area contributed by atoms with E-state index in [1.807, 2.05) is 0 Å². The van der Waals surface area contributed by atoms with Crippen LogP contribution in [-0.2, 0) is 0 Å². The minimum atomic E-state index is -0.734. The third-order valence-corrected chi connectivity index (χ3v) is 4.11. The number of rotatable bonds is 3. The average molecular weight is 352 g/mol. The Morgan fingerprint density at radius 2 is 1.65 bits per heavy atom. The normalized spacial score (nSPS) is 11.0. The summed E-state index contributed by atoms with van der Waals surface area (Å²) in [5.41, 5.74) is 1.14. The maximum Gasteiger partial charge on any atom is 0.198 e. The number of nitrogens with zero attached hydrogens (tertiary/aromatic N) is 1. The molecule has 0 saturated heterocycles. The number of benzene rings is 2. The molecular weight excluding hydrogens is 341 g/mol. The smallest absolute Gasteiger partial charge is 0.198 e. The summed E-state index contributed by atoms with van der Waals surface area (Å²) in [4.78, 5) is 19.8. The standard InChI is InChI=1S/C20H11F3N2O/c21-12-7-11(8-13(22)9-12)14-5-6-24-20-18(14)16(10-25-20)19(26)15-3-1-2-4-17(15)23/h1-10H,(H,24,25). The van der Waals surface area contributed by atoms with Gasteiger partial charge in [0.15, 0.2) is 5.78 Å². The number of hydrogen-bond acceptors (Lipinski definition) is 2. The first-order chi connectivity index (χ1) is 12.5. The third-order valence-electron chi connectivity index (χ3n) is 4.11.